The molecule has 0 bridgehead atoms. The summed E-state index contributed by atoms with van der Waals surface area (Å²) in [4.78, 5) is 65.0. The zero-order valence-corrected chi connectivity index (χ0v) is 89.9. The van der Waals surface area contributed by atoms with Gasteiger partial charge >= 0.3 is 0 Å². The van der Waals surface area contributed by atoms with Crippen molar-refractivity contribution in [1.82, 2.24) is 64.5 Å². The maximum Gasteiger partial charge on any atom is 0.253 e. The Labute approximate surface area is 897 Å². The highest BCUT2D eigenvalue weighted by molar-refractivity contribution is 7.18. The highest BCUT2D eigenvalue weighted by Gasteiger charge is 2.30. The van der Waals surface area contributed by atoms with Gasteiger partial charge in [0.15, 0.2) is 0 Å². The van der Waals surface area contributed by atoms with E-state index in [-0.39, 0.29) is 35.8 Å². The van der Waals surface area contributed by atoms with Crippen LogP contribution in [0.2, 0.25) is 20.1 Å². The van der Waals surface area contributed by atoms with Gasteiger partial charge in [0.2, 0.25) is 0 Å². The molecule has 778 valence electrons. The van der Waals surface area contributed by atoms with Crippen molar-refractivity contribution in [3.8, 4) is 34.5 Å². The summed E-state index contributed by atoms with van der Waals surface area (Å²) in [6.45, 7) is 21.7. The number of rotatable bonds is 38. The van der Waals surface area contributed by atoms with E-state index < -0.39 is 0 Å². The molecule has 3 fully saturated rings. The van der Waals surface area contributed by atoms with E-state index in [0.717, 1.165) is 274 Å². The fourth-order valence-electron chi connectivity index (χ4n) is 20.8. The SMILES string of the molecule is COc1cccc2c(C(=O)NCC(C)C)cn(CCCN3CCC(Oc4ccc(Cl)cc4)CC3)c12.COc1cccc2c(C(=O)NCc3cccc(C)c3)cn(CCCN3CCC(c4nc5ccccc5s4)CC3)c12.COc1cccc2c(C(=O)NCc3cccc(Cl)c3)cn(CCCN3CCC(Oc4cccc(Cl)c4)CC3)c12.COc1cccc2c(C(=O)NCc3cccc(Cl)c3)cn(CCCNC3Cc4ccccc4C3)c12. The smallest absolute Gasteiger partial charge is 0.253 e. The third-order valence-electron chi connectivity index (χ3n) is 28.4. The van der Waals surface area contributed by atoms with Crippen molar-refractivity contribution in [1.29, 1.82) is 0 Å². The number of aryl methyl sites for hydroxylation is 5. The van der Waals surface area contributed by atoms with Gasteiger partial charge in [0.25, 0.3) is 23.6 Å². The van der Waals surface area contributed by atoms with Gasteiger partial charge in [-0.25, -0.2) is 4.98 Å². The lowest BCUT2D eigenvalue weighted by Gasteiger charge is -2.32. The number of carbonyl (C=O) groups is 4. The summed E-state index contributed by atoms with van der Waals surface area (Å²) in [5.41, 5.74) is 14.8. The van der Waals surface area contributed by atoms with Crippen molar-refractivity contribution < 1.29 is 47.6 Å². The zero-order chi connectivity index (χ0) is 104. The Kier molecular flexibility index (Phi) is 37.9. The number of likely N-dealkylation sites (tertiary alicyclic amines) is 3. The first-order chi connectivity index (χ1) is 72.6. The lowest BCUT2D eigenvalue weighted by atomic mass is 9.97. The highest BCUT2D eigenvalue weighted by Crippen LogP contribution is 2.39. The van der Waals surface area contributed by atoms with E-state index in [1.807, 2.05) is 218 Å². The fourth-order valence-corrected chi connectivity index (χ4v) is 22.7. The minimum atomic E-state index is -0.117. The normalized spacial score (nSPS) is 14.3. The number of carbonyl (C=O) groups excluding carboxylic acids is 4. The zero-order valence-electron chi connectivity index (χ0n) is 86.1. The number of nitrogens with zero attached hydrogens (tertiary/aromatic N) is 8. The lowest BCUT2D eigenvalue weighted by Crippen LogP contribution is -2.38. The average molecular weight is 2110 g/mol. The minimum Gasteiger partial charge on any atom is -0.495 e. The molecule has 16 aromatic rings. The number of methoxy groups -OCH3 is 4. The Morgan fingerprint density at radius 3 is 1.17 bits per heavy atom. The number of ether oxygens (including phenoxy) is 6. The van der Waals surface area contributed by atoms with E-state index in [1.54, 1.807) is 28.4 Å². The Morgan fingerprint density at radius 2 is 0.758 bits per heavy atom. The molecule has 4 aliphatic rings. The van der Waals surface area contributed by atoms with E-state index in [4.69, 9.17) is 79.8 Å². The van der Waals surface area contributed by atoms with E-state index >= 15 is 0 Å². The third-order valence-corrected chi connectivity index (χ3v) is 30.6. The number of amides is 4. The van der Waals surface area contributed by atoms with Gasteiger partial charge in [-0.1, -0.05) is 205 Å². The van der Waals surface area contributed by atoms with E-state index in [0.29, 0.717) is 81.4 Å². The molecule has 4 amide bonds. The van der Waals surface area contributed by atoms with Gasteiger partial charge in [0, 0.05) is 157 Å². The Bertz CT molecular complexity index is 7160. The van der Waals surface area contributed by atoms with Crippen molar-refractivity contribution in [3.63, 3.8) is 0 Å². The van der Waals surface area contributed by atoms with Gasteiger partial charge in [0.05, 0.1) is 88.0 Å². The predicted molar refractivity (Wildman–Crippen MR) is 604 cm³/mol. The molecular weight excluding hydrogens is 1970 g/mol. The Morgan fingerprint density at radius 1 is 0.383 bits per heavy atom. The predicted octanol–water partition coefficient (Wildman–Crippen LogP) is 24.6. The largest absolute Gasteiger partial charge is 0.495 e. The summed E-state index contributed by atoms with van der Waals surface area (Å²) in [6.07, 6.45) is 20.8. The second-order valence-corrected chi connectivity index (χ2v) is 42.2. The second kappa shape index (κ2) is 52.5. The molecular formula is C121H135Cl4N13O10S. The van der Waals surface area contributed by atoms with Crippen molar-refractivity contribution in [3.05, 3.63) is 348 Å². The van der Waals surface area contributed by atoms with Gasteiger partial charge in [-0.05, 0) is 260 Å². The van der Waals surface area contributed by atoms with Gasteiger partial charge in [-0.2, -0.15) is 0 Å². The van der Waals surface area contributed by atoms with Crippen LogP contribution in [0.1, 0.15) is 164 Å². The summed E-state index contributed by atoms with van der Waals surface area (Å²) in [6, 6.07) is 79.7. The molecule has 3 saturated heterocycles. The molecule has 5 aromatic heterocycles. The molecule has 0 saturated carbocycles. The van der Waals surface area contributed by atoms with Crippen molar-refractivity contribution in [2.75, 3.05) is 100 Å². The van der Waals surface area contributed by atoms with Gasteiger partial charge in [-0.3, -0.25) is 19.2 Å². The molecule has 0 radical (unpaired) electrons. The van der Waals surface area contributed by atoms with Crippen molar-refractivity contribution in [2.24, 2.45) is 5.92 Å². The van der Waals surface area contributed by atoms with Gasteiger partial charge in [0.1, 0.15) is 46.7 Å². The van der Waals surface area contributed by atoms with Crippen molar-refractivity contribution in [2.45, 2.75) is 168 Å². The van der Waals surface area contributed by atoms with Gasteiger partial charge < -0.3 is 88.0 Å². The summed E-state index contributed by atoms with van der Waals surface area (Å²) in [7, 11) is 6.71. The molecule has 11 aromatic carbocycles. The summed E-state index contributed by atoms with van der Waals surface area (Å²) in [5, 5.41) is 23.6. The number of benzene rings is 11. The standard InChI is InChI=1S/C33H36N4O2S.C31H33Cl2N3O3.C29H30ClN3O2.C28H36ClN3O3/c1-23-8-5-9-24(20-23)21-34-32(38)27-22-37(31-26(27)10-6-12-29(31)39-2)17-7-16-36-18-14-25(15-19-36)33-35-28-11-3-4-13-30(28)40-33;1-38-29-11-4-10-27-28(31(37)34-20-22-6-2-7-23(32)18-22)21-36(30(27)29)15-5-14-35-16-12-25(13-17-35)39-26-9-3-8-24(33)19-26;1-35-27-12-5-11-25-26(29(34)32-18-20-7-4-10-23(30)15-20)19-33(28(25)27)14-6-13-31-24-16-21-8-2-3-9-22(21)17-24;1-20(2)18-30-28(33)25-19-32(27-24(25)6-4-7-26(27)34-3)15-5-14-31-16-12-23(13-17-31)35-22-10-8-21(29)9-11-22/h3-6,8-13,20,22,25H,7,14-19,21H2,1-2H3,(H,34,38);2-4,6-11,18-19,21,25H,5,12-17,20H2,1H3,(H,34,37);2-5,7-12,15,19,24,31H,6,13-14,16-18H2,1H3,(H,32,34);4,6-11,19-20,23H,5,12-18H2,1-3H3,(H,30,33). The van der Waals surface area contributed by atoms with Crippen molar-refractivity contribution >= 4 is 135 Å². The van der Waals surface area contributed by atoms with Crippen LogP contribution in [0, 0.1) is 12.8 Å². The first-order valence-electron chi connectivity index (χ1n) is 52.1. The molecule has 5 N–H and O–H groups in total. The molecule has 28 heteroatoms. The third kappa shape index (κ3) is 28.5. The molecule has 0 spiro atoms. The fraction of sp³-hybridized carbons (Fsp3) is 0.347. The molecule has 20 rings (SSSR count). The molecule has 23 nitrogen and oxygen atoms in total. The first-order valence-corrected chi connectivity index (χ1v) is 54.5. The minimum absolute atomic E-state index is 0.0292. The summed E-state index contributed by atoms with van der Waals surface area (Å²) < 4.78 is 44.9. The van der Waals surface area contributed by atoms with Crippen LogP contribution in [-0.2, 0) is 58.7 Å². The monoisotopic (exact) mass is 2100 g/mol. The number of fused-ring (bicyclic) bond motifs is 6. The van der Waals surface area contributed by atoms with Crippen LogP contribution in [0.5, 0.6) is 34.5 Å². The number of hydrogen-bond acceptors (Lipinski definition) is 16. The van der Waals surface area contributed by atoms with E-state index in [2.05, 4.69) is 141 Å². The maximum atomic E-state index is 13.3. The molecule has 0 unspecified atom stereocenters. The topological polar surface area (TPSA) is 226 Å². The lowest BCUT2D eigenvalue weighted by molar-refractivity contribution is 0.0942. The maximum absolute atomic E-state index is 13.3. The highest BCUT2D eigenvalue weighted by atomic mass is 35.5. The van der Waals surface area contributed by atoms with Crippen LogP contribution in [-0.4, -0.2) is 180 Å². The first kappa shape index (κ1) is 107. The average Bonchev–Trinajstić information content (AvgIpc) is 1.64. The molecule has 1 aliphatic carbocycles. The van der Waals surface area contributed by atoms with Crippen LogP contribution in [0.25, 0.3) is 53.8 Å². The Hall–Kier alpha value is -12.9. The number of aromatic nitrogens is 5. The van der Waals surface area contributed by atoms with Crippen LogP contribution < -0.4 is 55.0 Å². The van der Waals surface area contributed by atoms with E-state index in [9.17, 15) is 19.2 Å². The quantitative estimate of drug-likeness (QED) is 0.0227. The number of nitrogens with one attached hydrogen (secondary N) is 5. The van der Waals surface area contributed by atoms with E-state index in [1.165, 1.54) is 26.4 Å². The van der Waals surface area contributed by atoms with Crippen LogP contribution in [0.3, 0.4) is 0 Å². The molecule has 149 heavy (non-hydrogen) atoms. The number of piperidine rings is 3. The van der Waals surface area contributed by atoms with Gasteiger partial charge in [-0.15, -0.1) is 11.3 Å². The second-order valence-electron chi connectivity index (χ2n) is 39.4. The Balaban J connectivity index is 0.000000136. The van der Waals surface area contributed by atoms with Crippen LogP contribution in [0.15, 0.2) is 267 Å². The number of para-hydroxylation sites is 5. The van der Waals surface area contributed by atoms with Crippen LogP contribution >= 0.6 is 57.7 Å². The summed E-state index contributed by atoms with van der Waals surface area (Å²) >= 11 is 26.1. The number of halogens is 4. The molecule has 8 heterocycles. The van der Waals surface area contributed by atoms with Crippen LogP contribution in [0.4, 0.5) is 0 Å². The number of thiazole rings is 1. The number of hydrogen-bond donors (Lipinski definition) is 5. The molecule has 3 aliphatic heterocycles. The summed E-state index contributed by atoms with van der Waals surface area (Å²) in [5.74, 6) is 5.51. The molecule has 0 atom stereocenters.